The van der Waals surface area contributed by atoms with Crippen LogP contribution in [0.1, 0.15) is 0 Å². The number of hydrazine groups is 1. The Balaban J connectivity index is 0.000000360. The quantitative estimate of drug-likeness (QED) is 0.367. The van der Waals surface area contributed by atoms with Crippen molar-refractivity contribution in [2.24, 2.45) is 10.9 Å². The van der Waals surface area contributed by atoms with E-state index in [0.717, 1.165) is 0 Å². The molecule has 1 rings (SSSR count). The average Bonchev–Trinajstić information content (AvgIpc) is 1.86. The summed E-state index contributed by atoms with van der Waals surface area (Å²) in [6.07, 6.45) is 2.83. The van der Waals surface area contributed by atoms with E-state index in [2.05, 4.69) is 10.2 Å². The van der Waals surface area contributed by atoms with E-state index in [4.69, 9.17) is 5.84 Å². The minimum atomic E-state index is 0. The van der Waals surface area contributed by atoms with E-state index >= 15 is 0 Å². The molecule has 1 aliphatic rings. The third-order valence-electron chi connectivity index (χ3n) is 0.437. The fourth-order valence-electron chi connectivity index (χ4n) is 0.209. The van der Waals surface area contributed by atoms with Gasteiger partial charge in [-0.25, -0.2) is 0 Å². The second kappa shape index (κ2) is 2.70. The molecule has 4 nitrogen and oxygen atoms in total. The zero-order valence-corrected chi connectivity index (χ0v) is 5.04. The molecule has 0 amide bonds. The highest BCUT2D eigenvalue weighted by atomic mass is 79.9. The van der Waals surface area contributed by atoms with E-state index in [1.165, 1.54) is 17.7 Å². The van der Waals surface area contributed by atoms with Crippen LogP contribution < -0.4 is 27.9 Å². The Bertz CT molecular complexity index is 85.9. The highest BCUT2D eigenvalue weighted by Gasteiger charge is 2.01. The summed E-state index contributed by atoms with van der Waals surface area (Å²) in [5, 5.41) is 8.10. The third-order valence-corrected chi connectivity index (χ3v) is 0.437. The molecule has 0 fully saturated rings. The molecule has 1 heterocycles. The van der Waals surface area contributed by atoms with Gasteiger partial charge in [0.05, 0.1) is 5.10 Å². The van der Waals surface area contributed by atoms with Crippen molar-refractivity contribution in [3.8, 4) is 0 Å². The molecule has 0 unspecified atom stereocenters. The van der Waals surface area contributed by atoms with E-state index in [9.17, 15) is 0 Å². The zero-order valence-electron chi connectivity index (χ0n) is 3.45. The Kier molecular flexibility index (Phi) is 2.54. The SMILES string of the molecule is NN1C=N[N+]=C1.[Br-]. The van der Waals surface area contributed by atoms with Gasteiger partial charge >= 0.3 is 6.34 Å². The van der Waals surface area contributed by atoms with Gasteiger partial charge in [-0.3, -0.25) is 0 Å². The molecule has 7 heavy (non-hydrogen) atoms. The van der Waals surface area contributed by atoms with Crippen LogP contribution in [0.25, 0.3) is 0 Å². The van der Waals surface area contributed by atoms with Gasteiger partial charge in [0.15, 0.2) is 0 Å². The predicted molar refractivity (Wildman–Crippen MR) is 22.7 cm³/mol. The van der Waals surface area contributed by atoms with Crippen LogP contribution in [-0.2, 0) is 0 Å². The molecule has 0 aromatic rings. The van der Waals surface area contributed by atoms with Crippen LogP contribution in [0, 0.1) is 0 Å². The standard InChI is InChI=1S/C2H4N4.BrH/c3-6-1-4-5-2-6;/h1-2H,3H2;1H/q+1;/p-1. The number of hydrogen-bond acceptors (Lipinski definition) is 4. The van der Waals surface area contributed by atoms with Crippen LogP contribution in [0.5, 0.6) is 0 Å². The van der Waals surface area contributed by atoms with E-state index in [0.29, 0.717) is 0 Å². The van der Waals surface area contributed by atoms with Crippen molar-refractivity contribution < 1.29 is 17.0 Å². The number of rotatable bonds is 0. The van der Waals surface area contributed by atoms with E-state index in [-0.39, 0.29) is 17.0 Å². The van der Waals surface area contributed by atoms with Gasteiger partial charge in [-0.1, -0.05) is 0 Å². The molecule has 5 heteroatoms. The van der Waals surface area contributed by atoms with E-state index in [1.54, 1.807) is 0 Å². The Hall–Kier alpha value is -0.420. The van der Waals surface area contributed by atoms with Crippen molar-refractivity contribution in [1.82, 2.24) is 10.1 Å². The van der Waals surface area contributed by atoms with Gasteiger partial charge in [0.1, 0.15) is 0 Å². The first kappa shape index (κ1) is 6.58. The van der Waals surface area contributed by atoms with Crippen LogP contribution in [0.3, 0.4) is 0 Å². The van der Waals surface area contributed by atoms with Crippen molar-refractivity contribution in [3.63, 3.8) is 0 Å². The summed E-state index contributed by atoms with van der Waals surface area (Å²) in [6.45, 7) is 0. The topological polar surface area (TPSA) is 55.7 Å². The molecule has 0 bridgehead atoms. The summed E-state index contributed by atoms with van der Waals surface area (Å²) in [6, 6.07) is 0. The summed E-state index contributed by atoms with van der Waals surface area (Å²) >= 11 is 0. The normalized spacial score (nSPS) is 14.7. The Labute approximate surface area is 51.4 Å². The maximum atomic E-state index is 5.07. The fourth-order valence-corrected chi connectivity index (χ4v) is 0.209. The molecule has 0 aromatic carbocycles. The van der Waals surface area contributed by atoms with Gasteiger partial charge in [-0.15, -0.1) is 5.01 Å². The number of halogens is 1. The van der Waals surface area contributed by atoms with Gasteiger partial charge < -0.3 is 17.0 Å². The van der Waals surface area contributed by atoms with E-state index < -0.39 is 0 Å². The molecule has 1 radical (unpaired) electrons. The summed E-state index contributed by atoms with van der Waals surface area (Å²) in [5.74, 6) is 5.07. The first-order chi connectivity index (χ1) is 2.89. The summed E-state index contributed by atoms with van der Waals surface area (Å²) in [4.78, 5) is 0. The molecule has 0 saturated carbocycles. The van der Waals surface area contributed by atoms with Crippen LogP contribution in [-0.4, -0.2) is 17.7 Å². The van der Waals surface area contributed by atoms with Crippen molar-refractivity contribution in [2.75, 3.05) is 0 Å². The molecule has 0 saturated heterocycles. The maximum absolute atomic E-state index is 5.07. The Morgan fingerprint density at radius 2 is 2.43 bits per heavy atom. The Morgan fingerprint density at radius 3 is 2.57 bits per heavy atom. The molecular weight excluding hydrogens is 160 g/mol. The Morgan fingerprint density at radius 1 is 1.71 bits per heavy atom. The molecule has 1 aliphatic heterocycles. The van der Waals surface area contributed by atoms with Crippen molar-refractivity contribution in [3.05, 3.63) is 0 Å². The first-order valence-corrected chi connectivity index (χ1v) is 1.49. The van der Waals surface area contributed by atoms with Crippen LogP contribution in [0.2, 0.25) is 0 Å². The van der Waals surface area contributed by atoms with Gasteiger partial charge in [0, 0.05) is 5.10 Å². The highest BCUT2D eigenvalue weighted by Crippen LogP contribution is 1.65. The smallest absolute Gasteiger partial charge is 0.334 e. The largest absolute Gasteiger partial charge is 1.00 e. The van der Waals surface area contributed by atoms with Crippen molar-refractivity contribution in [2.45, 2.75) is 0 Å². The lowest BCUT2D eigenvalue weighted by molar-refractivity contribution is -0.00000136. The summed E-state index contributed by atoms with van der Waals surface area (Å²) < 4.78 is 0. The molecule has 2 N–H and O–H groups in total. The zero-order chi connectivity index (χ0) is 4.41. The maximum Gasteiger partial charge on any atom is 0.334 e. The molecule has 0 aromatic heterocycles. The molecule has 0 aliphatic carbocycles. The van der Waals surface area contributed by atoms with Crippen molar-refractivity contribution >= 4 is 12.7 Å². The monoisotopic (exact) mass is 163 g/mol. The summed E-state index contributed by atoms with van der Waals surface area (Å²) in [7, 11) is 0. The number of hydrogen-bond donors (Lipinski definition) is 1. The molecule has 0 atom stereocenters. The second-order valence-corrected chi connectivity index (χ2v) is 0.909. The molecular formula is C2H4BrN4. The summed E-state index contributed by atoms with van der Waals surface area (Å²) in [5.41, 5.74) is 0. The fraction of sp³-hybridized carbons (Fsp3) is 0. The third kappa shape index (κ3) is 1.65. The molecule has 0 spiro atoms. The number of nitrogens with two attached hydrogens (primary N) is 1. The lowest BCUT2D eigenvalue weighted by Crippen LogP contribution is -3.00. The highest BCUT2D eigenvalue weighted by molar-refractivity contribution is 5.76. The van der Waals surface area contributed by atoms with Crippen LogP contribution in [0.15, 0.2) is 5.10 Å². The van der Waals surface area contributed by atoms with Gasteiger partial charge in [-0.05, 0) is 0 Å². The van der Waals surface area contributed by atoms with Crippen LogP contribution in [0.4, 0.5) is 0 Å². The van der Waals surface area contributed by atoms with Gasteiger partial charge in [-0.2, -0.15) is 5.84 Å². The second-order valence-electron chi connectivity index (χ2n) is 0.909. The molecule has 39 valence electrons. The van der Waals surface area contributed by atoms with Crippen molar-refractivity contribution in [1.29, 1.82) is 0 Å². The van der Waals surface area contributed by atoms with E-state index in [1.807, 2.05) is 0 Å². The first-order valence-electron chi connectivity index (χ1n) is 1.49. The average molecular weight is 164 g/mol. The minimum absolute atomic E-state index is 0. The number of nitrogens with zero attached hydrogens (tertiary/aromatic N) is 3. The van der Waals surface area contributed by atoms with Gasteiger partial charge in [0.2, 0.25) is 6.34 Å². The predicted octanol–water partition coefficient (Wildman–Crippen LogP) is -4.51. The minimum Gasteiger partial charge on any atom is -1.00 e. The van der Waals surface area contributed by atoms with Gasteiger partial charge in [0.25, 0.3) is 0 Å². The lowest BCUT2D eigenvalue weighted by atomic mass is 11.1. The lowest BCUT2D eigenvalue weighted by Gasteiger charge is -1.80. The van der Waals surface area contributed by atoms with Crippen LogP contribution >= 0.6 is 0 Å².